The predicted molar refractivity (Wildman–Crippen MR) is 81.8 cm³/mol. The van der Waals surface area contributed by atoms with Gasteiger partial charge in [-0.3, -0.25) is 4.79 Å². The first kappa shape index (κ1) is 18.5. The molecule has 0 aliphatic rings. The third-order valence-corrected chi connectivity index (χ3v) is 3.44. The molecule has 7 heteroatoms. The number of hydrogen-bond acceptors (Lipinski definition) is 6. The summed E-state index contributed by atoms with van der Waals surface area (Å²) in [4.78, 5) is 35.3. The van der Waals surface area contributed by atoms with E-state index in [1.165, 1.54) is 19.2 Å². The van der Waals surface area contributed by atoms with Crippen molar-refractivity contribution in [3.63, 3.8) is 0 Å². The molecule has 0 bridgehead atoms. The highest BCUT2D eigenvalue weighted by molar-refractivity contribution is 5.94. The fourth-order valence-electron chi connectivity index (χ4n) is 1.87. The molecule has 2 N–H and O–H groups in total. The van der Waals surface area contributed by atoms with Crippen LogP contribution >= 0.6 is 0 Å². The van der Waals surface area contributed by atoms with Gasteiger partial charge in [0.15, 0.2) is 6.61 Å². The zero-order valence-electron chi connectivity index (χ0n) is 13.4. The number of phenols is 1. The number of carbonyl (C=O) groups excluding carboxylic acids is 3. The van der Waals surface area contributed by atoms with Gasteiger partial charge in [0.05, 0.1) is 7.11 Å². The fourth-order valence-corrected chi connectivity index (χ4v) is 1.87. The van der Waals surface area contributed by atoms with E-state index in [1.54, 1.807) is 19.1 Å². The third kappa shape index (κ3) is 5.28. The molecule has 0 fully saturated rings. The van der Waals surface area contributed by atoms with E-state index in [-0.39, 0.29) is 17.2 Å². The molecule has 1 aromatic carbocycles. The SMILES string of the molecule is CC[C@H](C)[C@H](NC(=O)COC(=O)c1ccccc1O)C(=O)OC. The number of rotatable bonds is 7. The number of para-hydroxylation sites is 1. The summed E-state index contributed by atoms with van der Waals surface area (Å²) in [6, 6.07) is 5.04. The van der Waals surface area contributed by atoms with Crippen molar-refractivity contribution in [1.82, 2.24) is 5.32 Å². The quantitative estimate of drug-likeness (QED) is 0.732. The van der Waals surface area contributed by atoms with Crippen LogP contribution in [0.3, 0.4) is 0 Å². The van der Waals surface area contributed by atoms with E-state index in [9.17, 15) is 19.5 Å². The van der Waals surface area contributed by atoms with Gasteiger partial charge >= 0.3 is 11.9 Å². The highest BCUT2D eigenvalue weighted by Gasteiger charge is 2.27. The second-order valence-corrected chi connectivity index (χ2v) is 5.05. The summed E-state index contributed by atoms with van der Waals surface area (Å²) in [6.45, 7) is 3.12. The molecular formula is C16H21NO6. The first-order valence-electron chi connectivity index (χ1n) is 7.23. The van der Waals surface area contributed by atoms with Crippen molar-refractivity contribution in [2.24, 2.45) is 5.92 Å². The Labute approximate surface area is 134 Å². The summed E-state index contributed by atoms with van der Waals surface area (Å²) in [5, 5.41) is 12.0. The lowest BCUT2D eigenvalue weighted by molar-refractivity contribution is -0.147. The second kappa shape index (κ2) is 8.77. The number of amides is 1. The van der Waals surface area contributed by atoms with Crippen molar-refractivity contribution < 1.29 is 29.0 Å². The Morgan fingerprint density at radius 1 is 1.26 bits per heavy atom. The Hall–Kier alpha value is -2.57. The van der Waals surface area contributed by atoms with Gasteiger partial charge in [-0.25, -0.2) is 9.59 Å². The largest absolute Gasteiger partial charge is 0.507 e. The molecule has 126 valence electrons. The molecule has 7 nitrogen and oxygen atoms in total. The first-order chi connectivity index (χ1) is 10.9. The molecular weight excluding hydrogens is 302 g/mol. The van der Waals surface area contributed by atoms with Crippen molar-refractivity contribution in [2.75, 3.05) is 13.7 Å². The Balaban J connectivity index is 2.60. The molecule has 1 aromatic rings. The van der Waals surface area contributed by atoms with E-state index in [4.69, 9.17) is 4.74 Å². The first-order valence-corrected chi connectivity index (χ1v) is 7.23. The van der Waals surface area contributed by atoms with Crippen molar-refractivity contribution in [3.8, 4) is 5.75 Å². The lowest BCUT2D eigenvalue weighted by atomic mass is 9.99. The highest BCUT2D eigenvalue weighted by atomic mass is 16.5. The fraction of sp³-hybridized carbons (Fsp3) is 0.438. The van der Waals surface area contributed by atoms with Crippen LogP contribution in [0.4, 0.5) is 0 Å². The zero-order valence-corrected chi connectivity index (χ0v) is 13.4. The van der Waals surface area contributed by atoms with Crippen LogP contribution in [0.15, 0.2) is 24.3 Å². The summed E-state index contributed by atoms with van der Waals surface area (Å²) in [5.41, 5.74) is -0.0354. The van der Waals surface area contributed by atoms with Crippen LogP contribution < -0.4 is 5.32 Å². The van der Waals surface area contributed by atoms with Crippen molar-refractivity contribution in [1.29, 1.82) is 0 Å². The molecule has 0 saturated heterocycles. The highest BCUT2D eigenvalue weighted by Crippen LogP contribution is 2.16. The number of carbonyl (C=O) groups is 3. The van der Waals surface area contributed by atoms with Crippen molar-refractivity contribution in [2.45, 2.75) is 26.3 Å². The molecule has 0 aliphatic heterocycles. The maximum atomic E-state index is 11.9. The molecule has 0 aromatic heterocycles. The van der Waals surface area contributed by atoms with Gasteiger partial charge < -0.3 is 19.9 Å². The Bertz CT molecular complexity index is 571. The zero-order chi connectivity index (χ0) is 17.4. The number of phenolic OH excluding ortho intramolecular Hbond substituents is 1. The second-order valence-electron chi connectivity index (χ2n) is 5.05. The van der Waals surface area contributed by atoms with E-state index in [1.807, 2.05) is 6.92 Å². The molecule has 1 amide bonds. The van der Waals surface area contributed by atoms with E-state index in [0.717, 1.165) is 0 Å². The predicted octanol–water partition coefficient (Wildman–Crippen LogP) is 1.25. The molecule has 1 rings (SSSR count). The van der Waals surface area contributed by atoms with E-state index < -0.39 is 30.5 Å². The number of aromatic hydroxyl groups is 1. The number of hydrogen-bond donors (Lipinski definition) is 2. The number of methoxy groups -OCH3 is 1. The monoisotopic (exact) mass is 323 g/mol. The van der Waals surface area contributed by atoms with E-state index in [2.05, 4.69) is 10.1 Å². The summed E-state index contributed by atoms with van der Waals surface area (Å²) in [6.07, 6.45) is 0.664. The van der Waals surface area contributed by atoms with Crippen LogP contribution in [0.2, 0.25) is 0 Å². The molecule has 0 unspecified atom stereocenters. The standard InChI is InChI=1S/C16H21NO6/c1-4-10(2)14(16(21)22-3)17-13(19)9-23-15(20)11-7-5-6-8-12(11)18/h5-8,10,14,18H,4,9H2,1-3H3,(H,17,19)/t10-,14-/m0/s1. The van der Waals surface area contributed by atoms with Gasteiger partial charge in [0.2, 0.25) is 0 Å². The van der Waals surface area contributed by atoms with Crippen LogP contribution in [0.1, 0.15) is 30.6 Å². The Morgan fingerprint density at radius 3 is 2.48 bits per heavy atom. The smallest absolute Gasteiger partial charge is 0.342 e. The molecule has 0 aliphatic carbocycles. The Morgan fingerprint density at radius 2 is 1.91 bits per heavy atom. The topological polar surface area (TPSA) is 102 Å². The van der Waals surface area contributed by atoms with Gasteiger partial charge in [0.1, 0.15) is 17.4 Å². The summed E-state index contributed by atoms with van der Waals surface area (Å²) < 4.78 is 9.49. The van der Waals surface area contributed by atoms with Gasteiger partial charge in [-0.05, 0) is 18.1 Å². The number of esters is 2. The maximum absolute atomic E-state index is 11.9. The average molecular weight is 323 g/mol. The third-order valence-electron chi connectivity index (χ3n) is 3.44. The van der Waals surface area contributed by atoms with Crippen molar-refractivity contribution >= 4 is 17.8 Å². The maximum Gasteiger partial charge on any atom is 0.342 e. The number of ether oxygens (including phenoxy) is 2. The van der Waals surface area contributed by atoms with E-state index in [0.29, 0.717) is 6.42 Å². The summed E-state index contributed by atoms with van der Waals surface area (Å²) >= 11 is 0. The van der Waals surface area contributed by atoms with Crippen LogP contribution in [-0.2, 0) is 19.1 Å². The van der Waals surface area contributed by atoms with Gasteiger partial charge in [-0.1, -0.05) is 32.4 Å². The lowest BCUT2D eigenvalue weighted by Crippen LogP contribution is -2.47. The number of benzene rings is 1. The average Bonchev–Trinajstić information content (AvgIpc) is 2.56. The van der Waals surface area contributed by atoms with Gasteiger partial charge in [0, 0.05) is 0 Å². The van der Waals surface area contributed by atoms with Crippen LogP contribution in [0.25, 0.3) is 0 Å². The number of nitrogens with one attached hydrogen (secondary N) is 1. The summed E-state index contributed by atoms with van der Waals surface area (Å²) in [7, 11) is 1.24. The van der Waals surface area contributed by atoms with Crippen LogP contribution in [-0.4, -0.2) is 42.7 Å². The summed E-state index contributed by atoms with van der Waals surface area (Å²) in [5.74, 6) is -2.36. The molecule has 0 spiro atoms. The minimum atomic E-state index is -0.823. The molecule has 23 heavy (non-hydrogen) atoms. The molecule has 0 saturated carbocycles. The molecule has 0 heterocycles. The lowest BCUT2D eigenvalue weighted by Gasteiger charge is -2.21. The van der Waals surface area contributed by atoms with Gasteiger partial charge in [-0.15, -0.1) is 0 Å². The van der Waals surface area contributed by atoms with Crippen LogP contribution in [0.5, 0.6) is 5.75 Å². The van der Waals surface area contributed by atoms with Crippen molar-refractivity contribution in [3.05, 3.63) is 29.8 Å². The molecule has 2 atom stereocenters. The van der Waals surface area contributed by atoms with Gasteiger partial charge in [-0.2, -0.15) is 0 Å². The molecule has 0 radical (unpaired) electrons. The Kier molecular flexibility index (Phi) is 7.05. The van der Waals surface area contributed by atoms with E-state index >= 15 is 0 Å². The minimum Gasteiger partial charge on any atom is -0.507 e. The minimum absolute atomic E-state index is 0.0354. The van der Waals surface area contributed by atoms with Gasteiger partial charge in [0.25, 0.3) is 5.91 Å². The normalized spacial score (nSPS) is 12.8. The van der Waals surface area contributed by atoms with Crippen LogP contribution in [0, 0.1) is 5.92 Å².